The van der Waals surface area contributed by atoms with Crippen molar-refractivity contribution in [2.75, 3.05) is 33.9 Å². The minimum Gasteiger partial charge on any atom is -0.463 e. The van der Waals surface area contributed by atoms with Crippen molar-refractivity contribution in [3.63, 3.8) is 0 Å². The van der Waals surface area contributed by atoms with E-state index in [9.17, 15) is 9.59 Å². The fourth-order valence-corrected chi connectivity index (χ4v) is 2.32. The number of esters is 2. The number of ether oxygens (including phenoxy) is 2. The molecule has 0 heterocycles. The number of hydrogen-bond donors (Lipinski definition) is 0. The highest BCUT2D eigenvalue weighted by Crippen LogP contribution is 2.10. The Kier molecular flexibility index (Phi) is 16.5. The van der Waals surface area contributed by atoms with E-state index in [1.54, 1.807) is 0 Å². The molecule has 0 spiro atoms. The zero-order chi connectivity index (χ0) is 18.8. The first kappa shape index (κ1) is 23.6. The van der Waals surface area contributed by atoms with Gasteiger partial charge in [-0.15, -0.1) is 0 Å². The van der Waals surface area contributed by atoms with Crippen LogP contribution >= 0.6 is 0 Å². The van der Waals surface area contributed by atoms with E-state index >= 15 is 0 Å². The molecule has 0 aromatic rings. The van der Waals surface area contributed by atoms with Crippen LogP contribution in [0.2, 0.25) is 0 Å². The van der Waals surface area contributed by atoms with Crippen LogP contribution in [0, 0.1) is 0 Å². The van der Waals surface area contributed by atoms with E-state index in [1.807, 2.05) is 19.0 Å². The maximum Gasteiger partial charge on any atom is 0.331 e. The highest BCUT2D eigenvalue weighted by molar-refractivity contribution is 5.91. The molecule has 0 aliphatic heterocycles. The average Bonchev–Trinajstić information content (AvgIpc) is 2.57. The predicted octanol–water partition coefficient (Wildman–Crippen LogP) is 4.11. The summed E-state index contributed by atoms with van der Waals surface area (Å²) in [5.41, 5.74) is 0. The lowest BCUT2D eigenvalue weighted by Gasteiger charge is -2.08. The molecule has 0 saturated heterocycles. The first-order valence-electron chi connectivity index (χ1n) is 9.72. The lowest BCUT2D eigenvalue weighted by atomic mass is 10.1. The Bertz CT molecular complexity index is 367. The Morgan fingerprint density at radius 3 is 1.64 bits per heavy atom. The molecule has 0 saturated carbocycles. The minimum atomic E-state index is -0.516. The van der Waals surface area contributed by atoms with Crippen molar-refractivity contribution in [1.29, 1.82) is 0 Å². The molecule has 0 N–H and O–H groups in total. The van der Waals surface area contributed by atoms with Gasteiger partial charge in [0.25, 0.3) is 0 Å². The van der Waals surface area contributed by atoms with Crippen molar-refractivity contribution in [2.24, 2.45) is 0 Å². The molecule has 0 aliphatic carbocycles. The van der Waals surface area contributed by atoms with Crippen molar-refractivity contribution in [3.8, 4) is 0 Å². The molecule has 146 valence electrons. The summed E-state index contributed by atoms with van der Waals surface area (Å²) in [6.45, 7) is 3.61. The van der Waals surface area contributed by atoms with Crippen LogP contribution in [-0.2, 0) is 19.1 Å². The standard InChI is InChI=1S/C20H37NO4/c1-4-5-6-7-8-9-10-11-12-13-17-24-19(22)14-15-20(23)25-18-16-21(2)3/h14-15H,4-13,16-18H2,1-3H3/b15-14+. The fraction of sp³-hybridized carbons (Fsp3) is 0.800. The molecular formula is C20H37NO4. The van der Waals surface area contributed by atoms with Gasteiger partial charge in [0.15, 0.2) is 0 Å². The Balaban J connectivity index is 3.43. The number of nitrogens with zero attached hydrogens (tertiary/aromatic N) is 1. The van der Waals surface area contributed by atoms with Crippen LogP contribution in [0.15, 0.2) is 12.2 Å². The summed E-state index contributed by atoms with van der Waals surface area (Å²) in [7, 11) is 3.79. The van der Waals surface area contributed by atoms with Crippen LogP contribution < -0.4 is 0 Å². The first-order valence-corrected chi connectivity index (χ1v) is 9.72. The van der Waals surface area contributed by atoms with Gasteiger partial charge >= 0.3 is 11.9 Å². The van der Waals surface area contributed by atoms with Crippen LogP contribution in [0.5, 0.6) is 0 Å². The fourth-order valence-electron chi connectivity index (χ4n) is 2.32. The zero-order valence-corrected chi connectivity index (χ0v) is 16.4. The van der Waals surface area contributed by atoms with Crippen LogP contribution in [0.1, 0.15) is 71.1 Å². The van der Waals surface area contributed by atoms with E-state index in [2.05, 4.69) is 6.92 Å². The lowest BCUT2D eigenvalue weighted by Crippen LogP contribution is -2.19. The largest absolute Gasteiger partial charge is 0.463 e. The summed E-state index contributed by atoms with van der Waals surface area (Å²) in [5.74, 6) is -1.00. The number of unbranched alkanes of at least 4 members (excludes halogenated alkanes) is 9. The molecule has 0 amide bonds. The quantitative estimate of drug-likeness (QED) is 0.237. The van der Waals surface area contributed by atoms with Crippen LogP contribution in [-0.4, -0.2) is 50.7 Å². The molecule has 0 aromatic carbocycles. The number of carbonyl (C=O) groups excluding carboxylic acids is 2. The summed E-state index contributed by atoms with van der Waals surface area (Å²) in [6, 6.07) is 0. The average molecular weight is 356 g/mol. The number of rotatable bonds is 16. The summed E-state index contributed by atoms with van der Waals surface area (Å²) in [4.78, 5) is 24.7. The molecule has 25 heavy (non-hydrogen) atoms. The molecule has 5 heteroatoms. The lowest BCUT2D eigenvalue weighted by molar-refractivity contribution is -0.140. The molecule has 0 radical (unpaired) electrons. The van der Waals surface area contributed by atoms with Crippen molar-refractivity contribution in [3.05, 3.63) is 12.2 Å². The minimum absolute atomic E-state index is 0.309. The van der Waals surface area contributed by atoms with Crippen LogP contribution in [0.4, 0.5) is 0 Å². The summed E-state index contributed by atoms with van der Waals surface area (Å²) >= 11 is 0. The van der Waals surface area contributed by atoms with Crippen LogP contribution in [0.25, 0.3) is 0 Å². The van der Waals surface area contributed by atoms with Gasteiger partial charge in [0.1, 0.15) is 6.61 Å². The molecule has 0 bridgehead atoms. The maximum atomic E-state index is 11.5. The molecular weight excluding hydrogens is 318 g/mol. The molecule has 0 aliphatic rings. The van der Waals surface area contributed by atoms with E-state index in [1.165, 1.54) is 51.4 Å². The van der Waals surface area contributed by atoms with E-state index in [0.717, 1.165) is 25.0 Å². The number of likely N-dealkylation sites (N-methyl/N-ethyl adjacent to an activating group) is 1. The molecule has 0 rings (SSSR count). The van der Waals surface area contributed by atoms with Crippen molar-refractivity contribution in [2.45, 2.75) is 71.1 Å². The third-order valence-corrected chi connectivity index (χ3v) is 3.88. The number of hydrogen-bond acceptors (Lipinski definition) is 5. The third kappa shape index (κ3) is 18.8. The predicted molar refractivity (Wildman–Crippen MR) is 101 cm³/mol. The summed E-state index contributed by atoms with van der Waals surface area (Å²) in [5, 5.41) is 0. The SMILES string of the molecule is CCCCCCCCCCCCOC(=O)/C=C/C(=O)OCCN(C)C. The van der Waals surface area contributed by atoms with Gasteiger partial charge in [-0.2, -0.15) is 0 Å². The molecule has 0 unspecified atom stereocenters. The highest BCUT2D eigenvalue weighted by Gasteiger charge is 2.01. The third-order valence-electron chi connectivity index (χ3n) is 3.88. The smallest absolute Gasteiger partial charge is 0.331 e. The molecule has 0 atom stereocenters. The second kappa shape index (κ2) is 17.5. The van der Waals surface area contributed by atoms with Crippen molar-refractivity contribution < 1.29 is 19.1 Å². The summed E-state index contributed by atoms with van der Waals surface area (Å²) in [6.07, 6.45) is 14.7. The van der Waals surface area contributed by atoms with E-state index in [4.69, 9.17) is 9.47 Å². The Hall–Kier alpha value is -1.36. The topological polar surface area (TPSA) is 55.8 Å². The second-order valence-electron chi connectivity index (χ2n) is 6.65. The van der Waals surface area contributed by atoms with Gasteiger partial charge in [-0.1, -0.05) is 64.7 Å². The number of carbonyl (C=O) groups is 2. The van der Waals surface area contributed by atoms with Gasteiger partial charge in [-0.3, -0.25) is 0 Å². The zero-order valence-electron chi connectivity index (χ0n) is 16.4. The molecule has 0 fully saturated rings. The van der Waals surface area contributed by atoms with Gasteiger partial charge in [0.05, 0.1) is 6.61 Å². The Morgan fingerprint density at radius 1 is 0.720 bits per heavy atom. The van der Waals surface area contributed by atoms with Gasteiger partial charge in [0.2, 0.25) is 0 Å². The summed E-state index contributed by atoms with van der Waals surface area (Å²) < 4.78 is 10.0. The van der Waals surface area contributed by atoms with Gasteiger partial charge in [-0.25, -0.2) is 9.59 Å². The Morgan fingerprint density at radius 2 is 1.16 bits per heavy atom. The Labute approximate surface area is 153 Å². The van der Waals surface area contributed by atoms with E-state index < -0.39 is 11.9 Å². The van der Waals surface area contributed by atoms with Gasteiger partial charge < -0.3 is 14.4 Å². The van der Waals surface area contributed by atoms with Crippen molar-refractivity contribution >= 4 is 11.9 Å². The normalized spacial score (nSPS) is 11.2. The van der Waals surface area contributed by atoms with Crippen molar-refractivity contribution in [1.82, 2.24) is 4.90 Å². The monoisotopic (exact) mass is 355 g/mol. The van der Waals surface area contributed by atoms with Crippen LogP contribution in [0.3, 0.4) is 0 Å². The second-order valence-corrected chi connectivity index (χ2v) is 6.65. The van der Waals surface area contributed by atoms with Gasteiger partial charge in [-0.05, 0) is 20.5 Å². The van der Waals surface area contributed by atoms with E-state index in [0.29, 0.717) is 19.8 Å². The highest BCUT2D eigenvalue weighted by atomic mass is 16.5. The molecule has 0 aromatic heterocycles. The van der Waals surface area contributed by atoms with Gasteiger partial charge in [0, 0.05) is 18.7 Å². The molecule has 5 nitrogen and oxygen atoms in total. The van der Waals surface area contributed by atoms with E-state index in [-0.39, 0.29) is 0 Å². The maximum absolute atomic E-state index is 11.5. The first-order chi connectivity index (χ1) is 12.1.